The van der Waals surface area contributed by atoms with Crippen LogP contribution in [0.5, 0.6) is 0 Å². The fourth-order valence-electron chi connectivity index (χ4n) is 5.13. The normalized spacial score (nSPS) is 13.2. The first-order valence-corrected chi connectivity index (χ1v) is 16.2. The predicted octanol–water partition coefficient (Wildman–Crippen LogP) is 8.38. The van der Waals surface area contributed by atoms with Crippen molar-refractivity contribution in [1.82, 2.24) is 9.97 Å². The molecule has 4 aromatic rings. The molecule has 1 amide bonds. The average molecular weight is 588 g/mol. The van der Waals surface area contributed by atoms with Crippen LogP contribution in [0.2, 0.25) is 0 Å². The molecule has 1 aliphatic carbocycles. The molecule has 2 aromatic heterocycles. The number of benzene rings is 2. The Morgan fingerprint density at radius 2 is 1.61 bits per heavy atom. The summed E-state index contributed by atoms with van der Waals surface area (Å²) >= 11 is 3.07. The molecule has 0 saturated carbocycles. The van der Waals surface area contributed by atoms with Crippen LogP contribution in [0.15, 0.2) is 53.7 Å². The molecule has 6 nitrogen and oxygen atoms in total. The van der Waals surface area contributed by atoms with Gasteiger partial charge in [0.2, 0.25) is 5.91 Å². The highest BCUT2D eigenvalue weighted by Crippen LogP contribution is 2.38. The molecular formula is C33H37N3O3S2. The number of aromatic amines is 1. The van der Waals surface area contributed by atoms with E-state index in [9.17, 15) is 9.59 Å². The Morgan fingerprint density at radius 1 is 0.951 bits per heavy atom. The third-order valence-electron chi connectivity index (χ3n) is 7.32. The second kappa shape index (κ2) is 13.5. The van der Waals surface area contributed by atoms with E-state index in [0.717, 1.165) is 58.9 Å². The average Bonchev–Trinajstić information content (AvgIpc) is 3.51. The van der Waals surface area contributed by atoms with E-state index in [1.54, 1.807) is 11.3 Å². The van der Waals surface area contributed by atoms with Gasteiger partial charge in [-0.1, -0.05) is 84.3 Å². The van der Waals surface area contributed by atoms with Crippen LogP contribution in [0.25, 0.3) is 22.5 Å². The number of carbonyl (C=O) groups is 2. The Labute approximate surface area is 250 Å². The lowest BCUT2D eigenvalue weighted by atomic mass is 9.96. The van der Waals surface area contributed by atoms with Crippen molar-refractivity contribution in [1.29, 1.82) is 0 Å². The van der Waals surface area contributed by atoms with Crippen LogP contribution in [-0.4, -0.2) is 34.2 Å². The summed E-state index contributed by atoms with van der Waals surface area (Å²) in [6.07, 6.45) is 6.64. The number of nitrogens with one attached hydrogen (secondary N) is 2. The third kappa shape index (κ3) is 7.11. The number of thioether (sulfide) groups is 1. The van der Waals surface area contributed by atoms with Gasteiger partial charge < -0.3 is 15.0 Å². The largest absolute Gasteiger partial charge is 0.462 e. The van der Waals surface area contributed by atoms with E-state index in [1.165, 1.54) is 40.6 Å². The number of aromatic nitrogens is 2. The zero-order chi connectivity index (χ0) is 28.8. The van der Waals surface area contributed by atoms with E-state index in [1.807, 2.05) is 6.92 Å². The van der Waals surface area contributed by atoms with Gasteiger partial charge in [0, 0.05) is 28.2 Å². The minimum atomic E-state index is -0.335. The third-order valence-corrected chi connectivity index (χ3v) is 9.40. The summed E-state index contributed by atoms with van der Waals surface area (Å²) in [6.45, 7) is 6.28. The summed E-state index contributed by atoms with van der Waals surface area (Å²) in [5.74, 6) is 0.110. The van der Waals surface area contributed by atoms with Crippen LogP contribution >= 0.6 is 23.1 Å². The minimum Gasteiger partial charge on any atom is -0.462 e. The first-order valence-electron chi connectivity index (χ1n) is 14.4. The number of hydrogen-bond acceptors (Lipinski definition) is 6. The van der Waals surface area contributed by atoms with Crippen LogP contribution in [-0.2, 0) is 22.4 Å². The van der Waals surface area contributed by atoms with Crippen LogP contribution in [0.1, 0.15) is 71.0 Å². The molecule has 0 radical (unpaired) electrons. The number of rotatable bonds is 9. The summed E-state index contributed by atoms with van der Waals surface area (Å²) < 4.78 is 5.38. The number of aryl methyl sites for hydroxylation is 3. The van der Waals surface area contributed by atoms with Gasteiger partial charge in [-0.15, -0.1) is 11.3 Å². The molecule has 0 unspecified atom stereocenters. The van der Waals surface area contributed by atoms with Gasteiger partial charge in [-0.25, -0.2) is 9.78 Å². The maximum atomic E-state index is 13.1. The molecule has 0 fully saturated rings. The molecule has 41 heavy (non-hydrogen) atoms. The fraction of sp³-hybridized carbons (Fsp3) is 0.364. The number of thiophene rings is 1. The summed E-state index contributed by atoms with van der Waals surface area (Å²) in [5.41, 5.74) is 8.02. The summed E-state index contributed by atoms with van der Waals surface area (Å²) in [4.78, 5) is 35.6. The van der Waals surface area contributed by atoms with Crippen molar-refractivity contribution in [2.45, 2.75) is 70.9 Å². The molecule has 8 heteroatoms. The van der Waals surface area contributed by atoms with E-state index < -0.39 is 0 Å². The van der Waals surface area contributed by atoms with Crippen LogP contribution in [0, 0.1) is 13.8 Å². The number of imidazole rings is 1. The topological polar surface area (TPSA) is 84.1 Å². The summed E-state index contributed by atoms with van der Waals surface area (Å²) in [6, 6.07) is 16.8. The molecule has 0 atom stereocenters. The Kier molecular flexibility index (Phi) is 9.62. The highest BCUT2D eigenvalue weighted by molar-refractivity contribution is 7.99. The van der Waals surface area contributed by atoms with Gasteiger partial charge in [0.1, 0.15) is 5.00 Å². The smallest absolute Gasteiger partial charge is 0.341 e. The molecule has 5 rings (SSSR count). The predicted molar refractivity (Wildman–Crippen MR) is 169 cm³/mol. The lowest BCUT2D eigenvalue weighted by Gasteiger charge is -2.11. The molecule has 0 aliphatic heterocycles. The summed E-state index contributed by atoms with van der Waals surface area (Å²) in [5, 5.41) is 4.45. The molecule has 0 saturated heterocycles. The highest BCUT2D eigenvalue weighted by atomic mass is 32.2. The van der Waals surface area contributed by atoms with Crippen LogP contribution in [0.4, 0.5) is 5.00 Å². The first-order chi connectivity index (χ1) is 19.9. The first kappa shape index (κ1) is 29.1. The van der Waals surface area contributed by atoms with E-state index in [2.05, 4.69) is 72.7 Å². The molecule has 0 spiro atoms. The van der Waals surface area contributed by atoms with Crippen molar-refractivity contribution in [3.8, 4) is 22.5 Å². The fourth-order valence-corrected chi connectivity index (χ4v) is 7.23. The Hall–Kier alpha value is -3.36. The minimum absolute atomic E-state index is 0.110. The summed E-state index contributed by atoms with van der Waals surface area (Å²) in [7, 11) is 0. The zero-order valence-electron chi connectivity index (χ0n) is 24.0. The number of ether oxygens (including phenoxy) is 1. The molecule has 2 heterocycles. The molecular weight excluding hydrogens is 551 g/mol. The number of esters is 1. The Balaban J connectivity index is 1.30. The monoisotopic (exact) mass is 587 g/mol. The van der Waals surface area contributed by atoms with E-state index in [0.29, 0.717) is 29.3 Å². The van der Waals surface area contributed by atoms with E-state index in [4.69, 9.17) is 9.72 Å². The van der Waals surface area contributed by atoms with Crippen LogP contribution < -0.4 is 5.32 Å². The van der Waals surface area contributed by atoms with Gasteiger partial charge in [0.25, 0.3) is 0 Å². The quantitative estimate of drug-likeness (QED) is 0.152. The molecule has 0 bridgehead atoms. The maximum absolute atomic E-state index is 13.1. The SMILES string of the molecule is CCOC(=O)c1c(NC(=O)CCSc2nc(-c3ccc(C)cc3)c(-c3ccc(C)cc3)[nH]2)sc2c1CCCCCC2. The molecule has 214 valence electrons. The van der Waals surface area contributed by atoms with E-state index >= 15 is 0 Å². The van der Waals surface area contributed by atoms with Crippen LogP contribution in [0.3, 0.4) is 0 Å². The van der Waals surface area contributed by atoms with Crippen molar-refractivity contribution in [2.75, 3.05) is 17.7 Å². The van der Waals surface area contributed by atoms with Gasteiger partial charge >= 0.3 is 5.97 Å². The number of carbonyl (C=O) groups excluding carboxylic acids is 2. The van der Waals surface area contributed by atoms with Gasteiger partial charge in [0.15, 0.2) is 5.16 Å². The van der Waals surface area contributed by atoms with Crippen molar-refractivity contribution >= 4 is 40.0 Å². The highest BCUT2D eigenvalue weighted by Gasteiger charge is 2.26. The lowest BCUT2D eigenvalue weighted by molar-refractivity contribution is -0.115. The molecule has 2 aromatic carbocycles. The van der Waals surface area contributed by atoms with Crippen molar-refractivity contribution < 1.29 is 14.3 Å². The number of anilines is 1. The lowest BCUT2D eigenvalue weighted by Crippen LogP contribution is -2.15. The zero-order valence-corrected chi connectivity index (χ0v) is 25.6. The number of H-pyrrole nitrogens is 1. The Bertz CT molecular complexity index is 1440. The second-order valence-electron chi connectivity index (χ2n) is 10.5. The van der Waals surface area contributed by atoms with Crippen molar-refractivity contribution in [3.63, 3.8) is 0 Å². The van der Waals surface area contributed by atoms with Gasteiger partial charge in [-0.05, 0) is 52.0 Å². The van der Waals surface area contributed by atoms with Crippen molar-refractivity contribution in [2.24, 2.45) is 0 Å². The van der Waals surface area contributed by atoms with Gasteiger partial charge in [-0.3, -0.25) is 4.79 Å². The maximum Gasteiger partial charge on any atom is 0.341 e. The van der Waals surface area contributed by atoms with E-state index in [-0.39, 0.29) is 11.9 Å². The molecule has 2 N–H and O–H groups in total. The van der Waals surface area contributed by atoms with Crippen molar-refractivity contribution in [3.05, 3.63) is 75.7 Å². The number of amides is 1. The Morgan fingerprint density at radius 3 is 2.29 bits per heavy atom. The number of hydrogen-bond donors (Lipinski definition) is 2. The molecule has 1 aliphatic rings. The standard InChI is InChI=1S/C33H37N3O3S2/c1-4-39-32(38)28-25-9-7-5-6-8-10-26(25)41-31(28)34-27(37)19-20-40-33-35-29(23-15-11-21(2)12-16-23)30(36-33)24-17-13-22(3)14-18-24/h11-18H,4-10,19-20H2,1-3H3,(H,34,37)(H,35,36). The number of nitrogens with zero attached hydrogens (tertiary/aromatic N) is 1. The van der Waals surface area contributed by atoms with Gasteiger partial charge in [-0.2, -0.15) is 0 Å². The van der Waals surface area contributed by atoms with Gasteiger partial charge in [0.05, 0.1) is 23.6 Å². The second-order valence-corrected chi connectivity index (χ2v) is 12.7. The number of fused-ring (bicyclic) bond motifs is 1.